The first-order chi connectivity index (χ1) is 11.4. The number of imidazole rings is 1. The Balaban J connectivity index is 1.67. The molecule has 0 unspecified atom stereocenters. The Morgan fingerprint density at radius 2 is 1.79 bits per heavy atom. The smallest absolute Gasteiger partial charge is 0.148 e. The molecular weight excluding hydrogens is 305 g/mol. The summed E-state index contributed by atoms with van der Waals surface area (Å²) >= 11 is 0. The largest absolute Gasteiger partial charge is 0.368 e. The van der Waals surface area contributed by atoms with Crippen molar-refractivity contribution in [3.63, 3.8) is 0 Å². The molecule has 1 aromatic carbocycles. The van der Waals surface area contributed by atoms with Crippen molar-refractivity contribution in [2.24, 2.45) is 0 Å². The SMILES string of the molecule is Cc1nc(-c2ccc(NCC(C)(C)c3ccc(F)cc3)nn2)c[nH]1. The molecular formula is C18H20FN5. The number of nitrogens with one attached hydrogen (secondary N) is 2. The first-order valence-electron chi connectivity index (χ1n) is 7.80. The van der Waals surface area contributed by atoms with E-state index in [1.165, 1.54) is 12.1 Å². The standard InChI is InChI=1S/C18H20FN5/c1-12-20-10-16(22-12)15-8-9-17(24-23-15)21-11-18(2,3)13-4-6-14(19)7-5-13/h4-10H,11H2,1-3H3,(H,20,22)(H,21,24). The van der Waals surface area contributed by atoms with Crippen molar-refractivity contribution >= 4 is 5.82 Å². The molecule has 0 aliphatic carbocycles. The van der Waals surface area contributed by atoms with E-state index in [0.717, 1.165) is 22.8 Å². The molecule has 0 bridgehead atoms. The Bertz CT molecular complexity index is 806. The van der Waals surface area contributed by atoms with Crippen LogP contribution in [0, 0.1) is 12.7 Å². The molecule has 6 heteroatoms. The van der Waals surface area contributed by atoms with Crippen LogP contribution in [0.15, 0.2) is 42.6 Å². The summed E-state index contributed by atoms with van der Waals surface area (Å²) in [6.07, 6.45) is 1.81. The second-order valence-electron chi connectivity index (χ2n) is 6.42. The molecule has 0 amide bonds. The van der Waals surface area contributed by atoms with Gasteiger partial charge >= 0.3 is 0 Å². The monoisotopic (exact) mass is 325 g/mol. The second-order valence-corrected chi connectivity index (χ2v) is 6.42. The number of hydrogen-bond acceptors (Lipinski definition) is 4. The summed E-state index contributed by atoms with van der Waals surface area (Å²) in [4.78, 5) is 7.36. The number of anilines is 1. The van der Waals surface area contributed by atoms with E-state index < -0.39 is 0 Å². The van der Waals surface area contributed by atoms with Gasteiger partial charge in [-0.15, -0.1) is 10.2 Å². The quantitative estimate of drug-likeness (QED) is 0.750. The number of aromatic nitrogens is 4. The number of halogens is 1. The van der Waals surface area contributed by atoms with Gasteiger partial charge in [-0.25, -0.2) is 9.37 Å². The zero-order valence-electron chi connectivity index (χ0n) is 14.0. The summed E-state index contributed by atoms with van der Waals surface area (Å²) in [6, 6.07) is 10.4. The maximum absolute atomic E-state index is 13.1. The van der Waals surface area contributed by atoms with Crippen LogP contribution in [0.5, 0.6) is 0 Å². The van der Waals surface area contributed by atoms with E-state index in [0.29, 0.717) is 12.4 Å². The average Bonchev–Trinajstić information content (AvgIpc) is 3.00. The summed E-state index contributed by atoms with van der Waals surface area (Å²) < 4.78 is 13.1. The lowest BCUT2D eigenvalue weighted by atomic mass is 9.84. The van der Waals surface area contributed by atoms with Crippen molar-refractivity contribution in [3.05, 3.63) is 59.8 Å². The molecule has 0 radical (unpaired) electrons. The van der Waals surface area contributed by atoms with Crippen molar-refractivity contribution in [2.45, 2.75) is 26.2 Å². The Morgan fingerprint density at radius 3 is 2.38 bits per heavy atom. The topological polar surface area (TPSA) is 66.5 Å². The van der Waals surface area contributed by atoms with Crippen LogP contribution in [-0.4, -0.2) is 26.7 Å². The fourth-order valence-electron chi connectivity index (χ4n) is 2.43. The molecule has 24 heavy (non-hydrogen) atoms. The van der Waals surface area contributed by atoms with Gasteiger partial charge in [-0.1, -0.05) is 26.0 Å². The van der Waals surface area contributed by atoms with Gasteiger partial charge in [-0.05, 0) is 36.8 Å². The van der Waals surface area contributed by atoms with Gasteiger partial charge in [0.2, 0.25) is 0 Å². The van der Waals surface area contributed by atoms with E-state index in [9.17, 15) is 4.39 Å². The number of benzene rings is 1. The Hall–Kier alpha value is -2.76. The molecule has 0 saturated heterocycles. The van der Waals surface area contributed by atoms with Crippen molar-refractivity contribution in [3.8, 4) is 11.4 Å². The van der Waals surface area contributed by atoms with Gasteiger partial charge in [0.15, 0.2) is 0 Å². The number of H-pyrrole nitrogens is 1. The van der Waals surface area contributed by atoms with Gasteiger partial charge in [0, 0.05) is 18.2 Å². The van der Waals surface area contributed by atoms with Crippen LogP contribution in [0.2, 0.25) is 0 Å². The van der Waals surface area contributed by atoms with Gasteiger partial charge in [-0.2, -0.15) is 0 Å². The molecule has 0 atom stereocenters. The van der Waals surface area contributed by atoms with E-state index >= 15 is 0 Å². The highest BCUT2D eigenvalue weighted by atomic mass is 19.1. The van der Waals surface area contributed by atoms with Crippen molar-refractivity contribution in [1.29, 1.82) is 0 Å². The minimum atomic E-state index is -0.224. The maximum Gasteiger partial charge on any atom is 0.148 e. The summed E-state index contributed by atoms with van der Waals surface area (Å²) in [5.74, 6) is 1.31. The molecule has 0 spiro atoms. The highest BCUT2D eigenvalue weighted by molar-refractivity contribution is 5.54. The first-order valence-corrected chi connectivity index (χ1v) is 7.80. The van der Waals surface area contributed by atoms with Gasteiger partial charge < -0.3 is 10.3 Å². The number of nitrogens with zero attached hydrogens (tertiary/aromatic N) is 3. The average molecular weight is 325 g/mol. The van der Waals surface area contributed by atoms with Crippen molar-refractivity contribution in [2.75, 3.05) is 11.9 Å². The van der Waals surface area contributed by atoms with Crippen LogP contribution in [0.4, 0.5) is 10.2 Å². The Morgan fingerprint density at radius 1 is 1.04 bits per heavy atom. The van der Waals surface area contributed by atoms with Gasteiger partial charge in [-0.3, -0.25) is 0 Å². The number of aryl methyl sites for hydroxylation is 1. The highest BCUT2D eigenvalue weighted by Crippen LogP contribution is 2.24. The third-order valence-electron chi connectivity index (χ3n) is 3.97. The molecule has 0 aliphatic rings. The maximum atomic E-state index is 13.1. The lowest BCUT2D eigenvalue weighted by Gasteiger charge is -2.25. The molecule has 0 fully saturated rings. The molecule has 0 aliphatic heterocycles. The zero-order chi connectivity index (χ0) is 17.2. The van der Waals surface area contributed by atoms with Crippen LogP contribution in [0.25, 0.3) is 11.4 Å². The molecule has 124 valence electrons. The van der Waals surface area contributed by atoms with E-state index in [1.807, 2.05) is 37.4 Å². The highest BCUT2D eigenvalue weighted by Gasteiger charge is 2.20. The Labute approximate surface area is 140 Å². The minimum Gasteiger partial charge on any atom is -0.368 e. The van der Waals surface area contributed by atoms with Gasteiger partial charge in [0.25, 0.3) is 0 Å². The molecule has 5 nitrogen and oxygen atoms in total. The fourth-order valence-corrected chi connectivity index (χ4v) is 2.43. The predicted octanol–water partition coefficient (Wildman–Crippen LogP) is 3.70. The lowest BCUT2D eigenvalue weighted by Crippen LogP contribution is -2.28. The molecule has 2 heterocycles. The van der Waals surface area contributed by atoms with Gasteiger partial charge in [0.1, 0.15) is 28.8 Å². The van der Waals surface area contributed by atoms with Crippen LogP contribution in [0.3, 0.4) is 0 Å². The lowest BCUT2D eigenvalue weighted by molar-refractivity contribution is 0.552. The van der Waals surface area contributed by atoms with E-state index in [1.54, 1.807) is 0 Å². The first kappa shape index (κ1) is 16.1. The predicted molar refractivity (Wildman–Crippen MR) is 92.3 cm³/mol. The summed E-state index contributed by atoms with van der Waals surface area (Å²) in [5.41, 5.74) is 2.40. The van der Waals surface area contributed by atoms with Crippen molar-refractivity contribution in [1.82, 2.24) is 20.2 Å². The summed E-state index contributed by atoms with van der Waals surface area (Å²) in [7, 11) is 0. The molecule has 2 N–H and O–H groups in total. The van der Waals surface area contributed by atoms with Crippen LogP contribution in [0.1, 0.15) is 25.2 Å². The van der Waals surface area contributed by atoms with E-state index in [-0.39, 0.29) is 11.2 Å². The van der Waals surface area contributed by atoms with E-state index in [2.05, 4.69) is 39.3 Å². The summed E-state index contributed by atoms with van der Waals surface area (Å²) in [5, 5.41) is 11.7. The molecule has 3 aromatic rings. The van der Waals surface area contributed by atoms with Crippen molar-refractivity contribution < 1.29 is 4.39 Å². The molecule has 0 saturated carbocycles. The summed E-state index contributed by atoms with van der Waals surface area (Å²) in [6.45, 7) is 6.75. The Kier molecular flexibility index (Phi) is 4.29. The number of rotatable bonds is 5. The van der Waals surface area contributed by atoms with Crippen LogP contribution >= 0.6 is 0 Å². The fraction of sp³-hybridized carbons (Fsp3) is 0.278. The zero-order valence-corrected chi connectivity index (χ0v) is 14.0. The third kappa shape index (κ3) is 3.59. The van der Waals surface area contributed by atoms with E-state index in [4.69, 9.17) is 0 Å². The minimum absolute atomic E-state index is 0.159. The second kappa shape index (κ2) is 6.39. The van der Waals surface area contributed by atoms with Crippen LogP contribution < -0.4 is 5.32 Å². The van der Waals surface area contributed by atoms with Gasteiger partial charge in [0.05, 0.1) is 0 Å². The van der Waals surface area contributed by atoms with Crippen LogP contribution in [-0.2, 0) is 5.41 Å². The number of hydrogen-bond donors (Lipinski definition) is 2. The number of aromatic amines is 1. The molecule has 3 rings (SSSR count). The normalized spacial score (nSPS) is 11.5. The molecule has 2 aromatic heterocycles. The third-order valence-corrected chi connectivity index (χ3v) is 3.97.